The van der Waals surface area contributed by atoms with E-state index in [0.717, 1.165) is 17.7 Å². The van der Waals surface area contributed by atoms with Crippen LogP contribution in [-0.4, -0.2) is 79.4 Å². The smallest absolute Gasteiger partial charge is 0.406 e. The third-order valence-electron chi connectivity index (χ3n) is 6.38. The van der Waals surface area contributed by atoms with Crippen LogP contribution in [0.15, 0.2) is 42.5 Å². The molecule has 0 radical (unpaired) electrons. The third kappa shape index (κ3) is 6.74. The normalized spacial score (nSPS) is 14.0. The van der Waals surface area contributed by atoms with E-state index in [1.807, 2.05) is 7.05 Å². The summed E-state index contributed by atoms with van der Waals surface area (Å²) in [5.74, 6) is 5.44. The second-order valence-corrected chi connectivity index (χ2v) is 9.12. The number of fused-ring (bicyclic) bond motifs is 1. The Kier molecular flexibility index (Phi) is 8.21. The van der Waals surface area contributed by atoms with Gasteiger partial charge in [0.2, 0.25) is 5.91 Å². The van der Waals surface area contributed by atoms with Crippen molar-refractivity contribution in [2.75, 3.05) is 57.5 Å². The molecule has 12 heteroatoms. The Morgan fingerprint density at radius 1 is 1.08 bits per heavy atom. The molecule has 0 unspecified atom stereocenters. The van der Waals surface area contributed by atoms with Crippen LogP contribution in [0, 0.1) is 11.8 Å². The monoisotopic (exact) mass is 542 g/mol. The standard InChI is InChI=1S/C27H29F3N6O3/c1-34-11-13-35(14-12-34)26(38)33-21-6-3-7-23-20(21)16-19(36(23)17-27(28,29)30)5-4-10-32-22-9-8-18(25(31)37)15-24(22)39-2/h3,6-9,15-16,32H,10-14,17H2,1-2H3,(H2,31,37)(H,33,38). The molecule has 39 heavy (non-hydrogen) atoms. The highest BCUT2D eigenvalue weighted by Crippen LogP contribution is 2.30. The molecule has 0 spiro atoms. The molecule has 0 bridgehead atoms. The summed E-state index contributed by atoms with van der Waals surface area (Å²) in [5, 5.41) is 6.35. The predicted molar refractivity (Wildman–Crippen MR) is 143 cm³/mol. The summed E-state index contributed by atoms with van der Waals surface area (Å²) < 4.78 is 46.8. The number of nitrogens with two attached hydrogens (primary N) is 1. The minimum atomic E-state index is -4.48. The summed E-state index contributed by atoms with van der Waals surface area (Å²) in [6, 6.07) is 10.7. The van der Waals surface area contributed by atoms with E-state index in [1.165, 1.54) is 19.2 Å². The Hall–Kier alpha value is -4.37. The number of nitrogens with one attached hydrogen (secondary N) is 2. The quantitative estimate of drug-likeness (QED) is 0.414. The lowest BCUT2D eigenvalue weighted by Crippen LogP contribution is -2.48. The van der Waals surface area contributed by atoms with Gasteiger partial charge in [0.25, 0.3) is 0 Å². The van der Waals surface area contributed by atoms with Crippen molar-refractivity contribution < 1.29 is 27.5 Å². The molecule has 4 rings (SSSR count). The van der Waals surface area contributed by atoms with Gasteiger partial charge in [-0.1, -0.05) is 12.0 Å². The predicted octanol–water partition coefficient (Wildman–Crippen LogP) is 3.55. The minimum absolute atomic E-state index is 0.0901. The highest BCUT2D eigenvalue weighted by Gasteiger charge is 2.30. The van der Waals surface area contributed by atoms with Crippen molar-refractivity contribution in [1.82, 2.24) is 14.4 Å². The largest absolute Gasteiger partial charge is 0.495 e. The molecule has 4 N–H and O–H groups in total. The molecule has 0 aliphatic carbocycles. The van der Waals surface area contributed by atoms with Crippen molar-refractivity contribution >= 4 is 34.2 Å². The number of carbonyl (C=O) groups excluding carboxylic acids is 2. The number of rotatable bonds is 6. The zero-order chi connectivity index (χ0) is 28.2. The van der Waals surface area contributed by atoms with Crippen LogP contribution in [-0.2, 0) is 6.54 Å². The second kappa shape index (κ2) is 11.6. The van der Waals surface area contributed by atoms with Crippen molar-refractivity contribution in [2.45, 2.75) is 12.7 Å². The second-order valence-electron chi connectivity index (χ2n) is 9.12. The Labute approximate surface area is 223 Å². The summed E-state index contributed by atoms with van der Waals surface area (Å²) >= 11 is 0. The fourth-order valence-electron chi connectivity index (χ4n) is 4.32. The summed E-state index contributed by atoms with van der Waals surface area (Å²) in [6.07, 6.45) is -4.48. The van der Waals surface area contributed by atoms with Crippen molar-refractivity contribution in [2.24, 2.45) is 5.73 Å². The van der Waals surface area contributed by atoms with Crippen LogP contribution in [0.5, 0.6) is 5.75 Å². The van der Waals surface area contributed by atoms with Gasteiger partial charge in [0, 0.05) is 37.1 Å². The van der Waals surface area contributed by atoms with E-state index >= 15 is 0 Å². The van der Waals surface area contributed by atoms with Crippen LogP contribution in [0.1, 0.15) is 16.1 Å². The number of aromatic nitrogens is 1. The van der Waals surface area contributed by atoms with E-state index in [2.05, 4.69) is 27.4 Å². The van der Waals surface area contributed by atoms with Gasteiger partial charge in [0.05, 0.1) is 36.2 Å². The highest BCUT2D eigenvalue weighted by atomic mass is 19.4. The number of carbonyl (C=O) groups is 2. The molecule has 1 aliphatic rings. The Morgan fingerprint density at radius 3 is 2.49 bits per heavy atom. The van der Waals surface area contributed by atoms with Crippen molar-refractivity contribution in [3.8, 4) is 17.6 Å². The molecule has 1 fully saturated rings. The van der Waals surface area contributed by atoms with E-state index < -0.39 is 18.6 Å². The number of urea groups is 1. The minimum Gasteiger partial charge on any atom is -0.495 e. The summed E-state index contributed by atoms with van der Waals surface area (Å²) in [6.45, 7) is 1.47. The molecule has 0 saturated carbocycles. The van der Waals surface area contributed by atoms with Crippen LogP contribution in [0.4, 0.5) is 29.3 Å². The van der Waals surface area contributed by atoms with E-state index in [-0.39, 0.29) is 23.8 Å². The molecule has 2 heterocycles. The van der Waals surface area contributed by atoms with Gasteiger partial charge in [-0.2, -0.15) is 13.2 Å². The van der Waals surface area contributed by atoms with Crippen molar-refractivity contribution in [3.05, 3.63) is 53.7 Å². The number of likely N-dealkylation sites (N-methyl/N-ethyl adjacent to an activating group) is 1. The first-order valence-corrected chi connectivity index (χ1v) is 12.2. The molecule has 0 atom stereocenters. The fraction of sp³-hybridized carbons (Fsp3) is 0.333. The van der Waals surface area contributed by atoms with E-state index in [0.29, 0.717) is 41.1 Å². The van der Waals surface area contributed by atoms with E-state index in [9.17, 15) is 22.8 Å². The average Bonchev–Trinajstić information content (AvgIpc) is 3.23. The lowest BCUT2D eigenvalue weighted by Gasteiger charge is -2.32. The van der Waals surface area contributed by atoms with Crippen molar-refractivity contribution in [3.63, 3.8) is 0 Å². The zero-order valence-corrected chi connectivity index (χ0v) is 21.6. The molecule has 2 aromatic carbocycles. The number of hydrogen-bond acceptors (Lipinski definition) is 5. The first-order valence-electron chi connectivity index (χ1n) is 12.2. The van der Waals surface area contributed by atoms with Gasteiger partial charge < -0.3 is 35.5 Å². The number of halogens is 3. The van der Waals surface area contributed by atoms with Crippen LogP contribution in [0.25, 0.3) is 10.9 Å². The zero-order valence-electron chi connectivity index (χ0n) is 21.6. The van der Waals surface area contributed by atoms with Crippen molar-refractivity contribution in [1.29, 1.82) is 0 Å². The molecular weight excluding hydrogens is 513 g/mol. The number of piperazine rings is 1. The number of amides is 3. The van der Waals surface area contributed by atoms with Crippen LogP contribution >= 0.6 is 0 Å². The number of ether oxygens (including phenoxy) is 1. The van der Waals surface area contributed by atoms with Crippen LogP contribution < -0.4 is 21.1 Å². The van der Waals surface area contributed by atoms with Gasteiger partial charge in [-0.3, -0.25) is 4.79 Å². The average molecular weight is 543 g/mol. The van der Waals surface area contributed by atoms with Gasteiger partial charge in [0.1, 0.15) is 12.3 Å². The number of alkyl halides is 3. The Morgan fingerprint density at radius 2 is 1.82 bits per heavy atom. The first-order chi connectivity index (χ1) is 18.6. The lowest BCUT2D eigenvalue weighted by molar-refractivity contribution is -0.140. The van der Waals surface area contributed by atoms with Gasteiger partial charge in [-0.15, -0.1) is 0 Å². The van der Waals surface area contributed by atoms with Gasteiger partial charge >= 0.3 is 12.2 Å². The lowest BCUT2D eigenvalue weighted by atomic mass is 10.2. The van der Waals surface area contributed by atoms with Gasteiger partial charge in [-0.25, -0.2) is 4.79 Å². The molecule has 1 saturated heterocycles. The Balaban J connectivity index is 1.58. The fourth-order valence-corrected chi connectivity index (χ4v) is 4.32. The molecule has 206 valence electrons. The van der Waals surface area contributed by atoms with E-state index in [1.54, 1.807) is 35.2 Å². The number of methoxy groups -OCH3 is 1. The highest BCUT2D eigenvalue weighted by molar-refractivity contribution is 6.01. The first kappa shape index (κ1) is 27.7. The molecule has 9 nitrogen and oxygen atoms in total. The summed E-state index contributed by atoms with van der Waals surface area (Å²) in [5.41, 5.74) is 6.99. The number of anilines is 2. The maximum absolute atomic E-state index is 13.5. The number of benzene rings is 2. The summed E-state index contributed by atoms with van der Waals surface area (Å²) in [7, 11) is 3.42. The number of nitrogens with zero attached hydrogens (tertiary/aromatic N) is 3. The maximum Gasteiger partial charge on any atom is 0.406 e. The van der Waals surface area contributed by atoms with E-state index in [4.69, 9.17) is 10.5 Å². The number of hydrogen-bond donors (Lipinski definition) is 3. The molecule has 1 aromatic heterocycles. The Bertz CT molecular complexity index is 1430. The molecular formula is C27H29F3N6O3. The molecule has 1 aliphatic heterocycles. The molecule has 3 amide bonds. The van der Waals surface area contributed by atoms with Gasteiger partial charge in [-0.05, 0) is 49.4 Å². The maximum atomic E-state index is 13.5. The topological polar surface area (TPSA) is 105 Å². The SMILES string of the molecule is COc1cc(C(N)=O)ccc1NCC#Cc1cc2c(NC(=O)N3CCN(C)CC3)cccc2n1CC(F)(F)F. The van der Waals surface area contributed by atoms with Gasteiger partial charge in [0.15, 0.2) is 0 Å². The van der Waals surface area contributed by atoms with Crippen LogP contribution in [0.3, 0.4) is 0 Å². The number of primary amides is 1. The third-order valence-corrected chi connectivity index (χ3v) is 6.38. The molecule has 3 aromatic rings. The van der Waals surface area contributed by atoms with Crippen LogP contribution in [0.2, 0.25) is 0 Å². The summed E-state index contributed by atoms with van der Waals surface area (Å²) in [4.78, 5) is 28.0.